The maximum atomic E-state index is 13.6. The maximum Gasteiger partial charge on any atom is 0.223 e. The molecular formula is C31H50N2O5. The summed E-state index contributed by atoms with van der Waals surface area (Å²) in [5.74, 6) is 0.139. The van der Waals surface area contributed by atoms with Gasteiger partial charge in [-0.2, -0.15) is 0 Å². The highest BCUT2D eigenvalue weighted by Crippen LogP contribution is 2.36. The summed E-state index contributed by atoms with van der Waals surface area (Å²) >= 11 is 0. The second-order valence-corrected chi connectivity index (χ2v) is 12.3. The molecular weight excluding hydrogens is 480 g/mol. The Bertz CT molecular complexity index is 838. The summed E-state index contributed by atoms with van der Waals surface area (Å²) in [6.07, 6.45) is 8.23. The quantitative estimate of drug-likeness (QED) is 0.223. The number of carbonyl (C=O) groups is 2. The van der Waals surface area contributed by atoms with Gasteiger partial charge in [-0.05, 0) is 49.0 Å². The number of hydrogen-bond donors (Lipinski definition) is 5. The van der Waals surface area contributed by atoms with Crippen LogP contribution in [0.1, 0.15) is 90.0 Å². The molecule has 0 heterocycles. The largest absolute Gasteiger partial charge is 0.394 e. The van der Waals surface area contributed by atoms with Crippen molar-refractivity contribution in [2.75, 3.05) is 6.61 Å². The smallest absolute Gasteiger partial charge is 0.223 e. The predicted octanol–water partition coefficient (Wildman–Crippen LogP) is 3.74. The fraction of sp³-hybridized carbons (Fsp3) is 0.742. The average Bonchev–Trinajstić information content (AvgIpc) is 3.72. The molecule has 2 amide bonds. The first-order valence-electron chi connectivity index (χ1n) is 14.9. The lowest BCUT2D eigenvalue weighted by molar-refractivity contribution is -0.133. The highest BCUT2D eigenvalue weighted by molar-refractivity contribution is 5.86. The van der Waals surface area contributed by atoms with E-state index in [4.69, 9.17) is 0 Å². The van der Waals surface area contributed by atoms with Crippen LogP contribution >= 0.6 is 0 Å². The Labute approximate surface area is 228 Å². The van der Waals surface area contributed by atoms with Crippen LogP contribution in [0.2, 0.25) is 0 Å². The van der Waals surface area contributed by atoms with E-state index in [0.29, 0.717) is 37.5 Å². The monoisotopic (exact) mass is 530 g/mol. The van der Waals surface area contributed by atoms with E-state index in [0.717, 1.165) is 44.1 Å². The SMILES string of the molecule is CC(C)C[C@H](O)[C@H](O)[C@H](CC1CCCCC1)NC(=O)[C@@H](CC(=O)N[C@@H](CO)Cc1ccccc1)CC1CC1. The number of rotatable bonds is 16. The van der Waals surface area contributed by atoms with E-state index in [9.17, 15) is 24.9 Å². The van der Waals surface area contributed by atoms with Gasteiger partial charge in [-0.1, -0.05) is 89.1 Å². The minimum Gasteiger partial charge on any atom is -0.394 e. The second-order valence-electron chi connectivity index (χ2n) is 12.3. The first kappa shape index (κ1) is 30.6. The van der Waals surface area contributed by atoms with E-state index < -0.39 is 30.2 Å². The molecule has 0 aliphatic heterocycles. The van der Waals surface area contributed by atoms with Crippen molar-refractivity contribution in [2.45, 2.75) is 115 Å². The molecule has 0 radical (unpaired) electrons. The minimum absolute atomic E-state index is 0.0500. The Morgan fingerprint density at radius 3 is 2.18 bits per heavy atom. The molecule has 0 saturated heterocycles. The van der Waals surface area contributed by atoms with Crippen LogP contribution in [0.3, 0.4) is 0 Å². The highest BCUT2D eigenvalue weighted by Gasteiger charge is 2.35. The summed E-state index contributed by atoms with van der Waals surface area (Å²) in [5.41, 5.74) is 1.03. The van der Waals surface area contributed by atoms with Crippen LogP contribution in [0.4, 0.5) is 0 Å². The number of benzene rings is 1. The molecule has 7 nitrogen and oxygen atoms in total. The average molecular weight is 531 g/mol. The zero-order valence-corrected chi connectivity index (χ0v) is 23.4. The third kappa shape index (κ3) is 10.7. The minimum atomic E-state index is -1.04. The van der Waals surface area contributed by atoms with Crippen LogP contribution < -0.4 is 10.6 Å². The fourth-order valence-corrected chi connectivity index (χ4v) is 5.87. The molecule has 0 unspecified atom stereocenters. The molecule has 2 aliphatic rings. The van der Waals surface area contributed by atoms with E-state index in [2.05, 4.69) is 10.6 Å². The van der Waals surface area contributed by atoms with Crippen LogP contribution in [0.5, 0.6) is 0 Å². The van der Waals surface area contributed by atoms with Crippen molar-refractivity contribution in [1.29, 1.82) is 0 Å². The van der Waals surface area contributed by atoms with Gasteiger partial charge in [0.2, 0.25) is 11.8 Å². The summed E-state index contributed by atoms with van der Waals surface area (Å²) in [6.45, 7) is 3.84. The highest BCUT2D eigenvalue weighted by atomic mass is 16.3. The second kappa shape index (κ2) is 15.6. The molecule has 0 bridgehead atoms. The molecule has 3 rings (SSSR count). The number of hydrogen-bond acceptors (Lipinski definition) is 5. The van der Waals surface area contributed by atoms with Gasteiger partial charge >= 0.3 is 0 Å². The van der Waals surface area contributed by atoms with Crippen molar-refractivity contribution in [1.82, 2.24) is 10.6 Å². The Morgan fingerprint density at radius 1 is 0.921 bits per heavy atom. The third-order valence-electron chi connectivity index (χ3n) is 8.19. The number of nitrogens with one attached hydrogen (secondary N) is 2. The lowest BCUT2D eigenvalue weighted by Crippen LogP contribution is -2.52. The van der Waals surface area contributed by atoms with Gasteiger partial charge in [-0.25, -0.2) is 0 Å². The molecule has 38 heavy (non-hydrogen) atoms. The number of aliphatic hydroxyl groups excluding tert-OH is 3. The zero-order valence-electron chi connectivity index (χ0n) is 23.4. The van der Waals surface area contributed by atoms with Crippen LogP contribution in [0, 0.1) is 23.7 Å². The standard InChI is InChI=1S/C31H50N2O5/c1-21(2)15-28(35)30(37)27(18-23-11-7-4-8-12-23)33-31(38)25(16-24-13-14-24)19-29(36)32-26(20-34)17-22-9-5-3-6-10-22/h3,5-6,9-10,21,23-28,30,34-35,37H,4,7-8,11-20H2,1-2H3,(H,32,36)(H,33,38)/t25-,26-,27+,28+,30-/m1/s1. The summed E-state index contributed by atoms with van der Waals surface area (Å²) < 4.78 is 0. The lowest BCUT2D eigenvalue weighted by atomic mass is 9.82. The molecule has 214 valence electrons. The molecule has 2 fully saturated rings. The third-order valence-corrected chi connectivity index (χ3v) is 8.19. The normalized spacial score (nSPS) is 20.4. The van der Waals surface area contributed by atoms with E-state index in [1.807, 2.05) is 44.2 Å². The van der Waals surface area contributed by atoms with Gasteiger partial charge < -0.3 is 26.0 Å². The molecule has 2 aliphatic carbocycles. The van der Waals surface area contributed by atoms with Crippen LogP contribution in [-0.2, 0) is 16.0 Å². The molecule has 7 heteroatoms. The van der Waals surface area contributed by atoms with E-state index in [1.165, 1.54) is 6.42 Å². The van der Waals surface area contributed by atoms with Crippen LogP contribution in [0.15, 0.2) is 30.3 Å². The topological polar surface area (TPSA) is 119 Å². The van der Waals surface area contributed by atoms with Gasteiger partial charge in [0, 0.05) is 12.3 Å². The number of aliphatic hydroxyl groups is 3. The van der Waals surface area contributed by atoms with Crippen molar-refractivity contribution >= 4 is 11.8 Å². The number of carbonyl (C=O) groups excluding carboxylic acids is 2. The Kier molecular flexibility index (Phi) is 12.5. The van der Waals surface area contributed by atoms with Gasteiger partial charge in [-0.15, -0.1) is 0 Å². The summed E-state index contributed by atoms with van der Waals surface area (Å²) in [7, 11) is 0. The summed E-state index contributed by atoms with van der Waals surface area (Å²) in [4.78, 5) is 26.6. The Hall–Kier alpha value is -1.96. The van der Waals surface area contributed by atoms with Crippen molar-refractivity contribution < 1.29 is 24.9 Å². The van der Waals surface area contributed by atoms with E-state index in [-0.39, 0.29) is 30.8 Å². The van der Waals surface area contributed by atoms with Gasteiger partial charge in [0.1, 0.15) is 6.10 Å². The fourth-order valence-electron chi connectivity index (χ4n) is 5.87. The maximum absolute atomic E-state index is 13.6. The Balaban J connectivity index is 1.64. The molecule has 0 spiro atoms. The summed E-state index contributed by atoms with van der Waals surface area (Å²) in [5, 5.41) is 37.6. The number of amides is 2. The van der Waals surface area contributed by atoms with E-state index >= 15 is 0 Å². The summed E-state index contributed by atoms with van der Waals surface area (Å²) in [6, 6.07) is 8.76. The zero-order chi connectivity index (χ0) is 27.5. The van der Waals surface area contributed by atoms with Gasteiger partial charge in [0.15, 0.2) is 0 Å². The van der Waals surface area contributed by atoms with Crippen molar-refractivity contribution in [2.24, 2.45) is 23.7 Å². The van der Waals surface area contributed by atoms with Gasteiger partial charge in [0.05, 0.1) is 24.8 Å². The van der Waals surface area contributed by atoms with Crippen LogP contribution in [0.25, 0.3) is 0 Å². The predicted molar refractivity (Wildman–Crippen MR) is 149 cm³/mol. The first-order chi connectivity index (χ1) is 18.2. The van der Waals surface area contributed by atoms with Crippen molar-refractivity contribution in [3.63, 3.8) is 0 Å². The van der Waals surface area contributed by atoms with Crippen molar-refractivity contribution in [3.8, 4) is 0 Å². The molecule has 1 aromatic carbocycles. The Morgan fingerprint density at radius 2 is 1.58 bits per heavy atom. The van der Waals surface area contributed by atoms with Crippen LogP contribution in [-0.4, -0.2) is 58.0 Å². The van der Waals surface area contributed by atoms with E-state index in [1.54, 1.807) is 0 Å². The van der Waals surface area contributed by atoms with Crippen molar-refractivity contribution in [3.05, 3.63) is 35.9 Å². The molecule has 0 aromatic heterocycles. The van der Waals surface area contributed by atoms with Gasteiger partial charge in [-0.3, -0.25) is 9.59 Å². The van der Waals surface area contributed by atoms with Gasteiger partial charge in [0.25, 0.3) is 0 Å². The lowest BCUT2D eigenvalue weighted by Gasteiger charge is -2.33. The molecule has 5 atom stereocenters. The molecule has 5 N–H and O–H groups in total. The first-order valence-corrected chi connectivity index (χ1v) is 14.9. The molecule has 1 aromatic rings. The molecule has 2 saturated carbocycles.